The molecule has 0 spiro atoms. The molecule has 1 aromatic heterocycles. The van der Waals surface area contributed by atoms with E-state index in [1.807, 2.05) is 13.8 Å². The molecule has 0 unspecified atom stereocenters. The molecule has 79 valence electrons. The molecule has 3 nitrogen and oxygen atoms in total. The largest absolute Gasteiger partial charge is 0.382 e. The molecule has 0 atom stereocenters. The van der Waals surface area contributed by atoms with Gasteiger partial charge in [0.2, 0.25) is 0 Å². The fourth-order valence-electron chi connectivity index (χ4n) is 1.32. The number of unbranched alkanes of at least 4 members (excludes halogenated alkanes) is 1. The van der Waals surface area contributed by atoms with Crippen LogP contribution in [0, 0.1) is 20.2 Å². The minimum Gasteiger partial charge on any atom is -0.382 e. The second-order valence-electron chi connectivity index (χ2n) is 3.44. The lowest BCUT2D eigenvalue weighted by molar-refractivity contribution is 0.142. The number of rotatable bonds is 6. The molecule has 0 aliphatic carbocycles. The molecular weight excluding hydrogens is 176 g/mol. The SMILES string of the molecule is CCOCCCCn1[c]nc(C)c1C. The third-order valence-corrected chi connectivity index (χ3v) is 2.39. The minimum atomic E-state index is 0.815. The van der Waals surface area contributed by atoms with E-state index in [0.29, 0.717) is 0 Å². The van der Waals surface area contributed by atoms with Gasteiger partial charge in [0.1, 0.15) is 0 Å². The van der Waals surface area contributed by atoms with Crippen molar-refractivity contribution in [3.8, 4) is 0 Å². The molecule has 0 N–H and O–H groups in total. The minimum absolute atomic E-state index is 0.815. The first-order chi connectivity index (χ1) is 6.75. The predicted molar refractivity (Wildman–Crippen MR) is 56.3 cm³/mol. The highest BCUT2D eigenvalue weighted by Gasteiger charge is 2.01. The molecule has 0 fully saturated rings. The summed E-state index contributed by atoms with van der Waals surface area (Å²) in [6.45, 7) is 8.80. The Morgan fingerprint density at radius 3 is 2.71 bits per heavy atom. The van der Waals surface area contributed by atoms with Crippen LogP contribution in [0.5, 0.6) is 0 Å². The second kappa shape index (κ2) is 5.81. The van der Waals surface area contributed by atoms with Crippen LogP contribution < -0.4 is 0 Å². The van der Waals surface area contributed by atoms with E-state index < -0.39 is 0 Å². The Balaban J connectivity index is 2.21. The Hall–Kier alpha value is -0.830. The summed E-state index contributed by atoms with van der Waals surface area (Å²) in [5.41, 5.74) is 2.30. The summed E-state index contributed by atoms with van der Waals surface area (Å²) in [5.74, 6) is 0. The van der Waals surface area contributed by atoms with Crippen LogP contribution in [0.2, 0.25) is 0 Å². The van der Waals surface area contributed by atoms with Crippen molar-refractivity contribution in [2.75, 3.05) is 13.2 Å². The Morgan fingerprint density at radius 1 is 1.36 bits per heavy atom. The molecule has 0 bridgehead atoms. The molecule has 0 aliphatic rings. The number of hydrogen-bond donors (Lipinski definition) is 0. The Morgan fingerprint density at radius 2 is 2.14 bits per heavy atom. The van der Waals surface area contributed by atoms with Crippen LogP contribution in [-0.2, 0) is 11.3 Å². The van der Waals surface area contributed by atoms with E-state index in [-0.39, 0.29) is 0 Å². The van der Waals surface area contributed by atoms with E-state index in [4.69, 9.17) is 4.74 Å². The lowest BCUT2D eigenvalue weighted by Crippen LogP contribution is -2.01. The van der Waals surface area contributed by atoms with E-state index in [9.17, 15) is 0 Å². The third-order valence-electron chi connectivity index (χ3n) is 2.39. The summed E-state index contributed by atoms with van der Waals surface area (Å²) in [4.78, 5) is 4.14. The van der Waals surface area contributed by atoms with E-state index in [2.05, 4.69) is 22.8 Å². The maximum atomic E-state index is 5.27. The fraction of sp³-hybridized carbons (Fsp3) is 0.727. The van der Waals surface area contributed by atoms with Crippen LogP contribution in [0.4, 0.5) is 0 Å². The molecule has 1 radical (unpaired) electrons. The molecule has 1 heterocycles. The van der Waals surface area contributed by atoms with Gasteiger partial charge in [-0.1, -0.05) is 0 Å². The first kappa shape index (κ1) is 11.2. The van der Waals surface area contributed by atoms with Gasteiger partial charge in [-0.15, -0.1) is 0 Å². The number of nitrogens with zero attached hydrogens (tertiary/aromatic N) is 2. The lowest BCUT2D eigenvalue weighted by Gasteiger charge is -2.04. The Kier molecular flexibility index (Phi) is 4.66. The van der Waals surface area contributed by atoms with Gasteiger partial charge in [-0.25, -0.2) is 4.98 Å². The monoisotopic (exact) mass is 195 g/mol. The van der Waals surface area contributed by atoms with Crippen LogP contribution in [0.3, 0.4) is 0 Å². The number of aromatic nitrogens is 2. The average molecular weight is 195 g/mol. The van der Waals surface area contributed by atoms with E-state index in [0.717, 1.165) is 38.3 Å². The molecule has 1 aromatic rings. The highest BCUT2D eigenvalue weighted by molar-refractivity contribution is 5.07. The van der Waals surface area contributed by atoms with Crippen molar-refractivity contribution in [3.05, 3.63) is 17.7 Å². The smallest absolute Gasteiger partial charge is 0.176 e. The summed E-state index contributed by atoms with van der Waals surface area (Å²) >= 11 is 0. The maximum absolute atomic E-state index is 5.27. The standard InChI is InChI=1S/C11H19N2O/c1-4-14-8-6-5-7-13-9-12-10(2)11(13)3/h4-8H2,1-3H3. The van der Waals surface area contributed by atoms with Crippen molar-refractivity contribution >= 4 is 0 Å². The zero-order valence-electron chi connectivity index (χ0n) is 9.34. The normalized spacial score (nSPS) is 10.8. The topological polar surface area (TPSA) is 27.1 Å². The second-order valence-corrected chi connectivity index (χ2v) is 3.44. The molecule has 14 heavy (non-hydrogen) atoms. The van der Waals surface area contributed by atoms with E-state index in [1.165, 1.54) is 5.69 Å². The number of aryl methyl sites for hydroxylation is 2. The molecule has 0 aliphatic heterocycles. The summed E-state index contributed by atoms with van der Waals surface area (Å²) in [6, 6.07) is 0. The zero-order valence-corrected chi connectivity index (χ0v) is 9.34. The fourth-order valence-corrected chi connectivity index (χ4v) is 1.32. The Bertz CT molecular complexity index is 268. The van der Waals surface area contributed by atoms with Gasteiger partial charge in [-0.2, -0.15) is 0 Å². The zero-order chi connectivity index (χ0) is 10.4. The van der Waals surface area contributed by atoms with Crippen molar-refractivity contribution in [3.63, 3.8) is 0 Å². The molecular formula is C11H19N2O. The number of hydrogen-bond acceptors (Lipinski definition) is 2. The van der Waals surface area contributed by atoms with Crippen LogP contribution in [0.1, 0.15) is 31.2 Å². The van der Waals surface area contributed by atoms with Crippen molar-refractivity contribution in [2.45, 2.75) is 40.2 Å². The van der Waals surface area contributed by atoms with Crippen LogP contribution in [0.25, 0.3) is 0 Å². The highest BCUT2D eigenvalue weighted by atomic mass is 16.5. The number of ether oxygens (including phenoxy) is 1. The van der Waals surface area contributed by atoms with Gasteiger partial charge in [0.15, 0.2) is 6.33 Å². The van der Waals surface area contributed by atoms with Gasteiger partial charge in [0, 0.05) is 25.5 Å². The van der Waals surface area contributed by atoms with Crippen LogP contribution >= 0.6 is 0 Å². The van der Waals surface area contributed by atoms with Gasteiger partial charge in [-0.05, 0) is 33.6 Å². The quantitative estimate of drug-likeness (QED) is 0.650. The average Bonchev–Trinajstić information content (AvgIpc) is 2.49. The van der Waals surface area contributed by atoms with E-state index in [1.54, 1.807) is 0 Å². The molecule has 0 amide bonds. The Labute approximate surface area is 86.1 Å². The highest BCUT2D eigenvalue weighted by Crippen LogP contribution is 2.05. The van der Waals surface area contributed by atoms with Crippen molar-refractivity contribution < 1.29 is 4.74 Å². The predicted octanol–water partition coefficient (Wildman–Crippen LogP) is 2.12. The van der Waals surface area contributed by atoms with Gasteiger partial charge in [0.05, 0.1) is 5.69 Å². The van der Waals surface area contributed by atoms with Gasteiger partial charge >= 0.3 is 0 Å². The number of imidazole rings is 1. The summed E-state index contributed by atoms with van der Waals surface area (Å²) in [5, 5.41) is 0. The molecule has 3 heteroatoms. The summed E-state index contributed by atoms with van der Waals surface area (Å²) in [6.07, 6.45) is 5.23. The van der Waals surface area contributed by atoms with Crippen molar-refractivity contribution in [1.29, 1.82) is 0 Å². The lowest BCUT2D eigenvalue weighted by atomic mass is 10.3. The molecule has 0 aromatic carbocycles. The van der Waals surface area contributed by atoms with Crippen LogP contribution in [-0.4, -0.2) is 22.8 Å². The molecule has 1 rings (SSSR count). The van der Waals surface area contributed by atoms with Gasteiger partial charge in [-0.3, -0.25) is 0 Å². The van der Waals surface area contributed by atoms with Crippen molar-refractivity contribution in [2.24, 2.45) is 0 Å². The molecule has 0 saturated carbocycles. The first-order valence-electron chi connectivity index (χ1n) is 5.25. The first-order valence-corrected chi connectivity index (χ1v) is 5.25. The maximum Gasteiger partial charge on any atom is 0.176 e. The summed E-state index contributed by atoms with van der Waals surface area (Å²) < 4.78 is 7.36. The van der Waals surface area contributed by atoms with Crippen LogP contribution in [0.15, 0.2) is 0 Å². The van der Waals surface area contributed by atoms with Crippen molar-refractivity contribution in [1.82, 2.24) is 9.55 Å². The molecule has 0 saturated heterocycles. The van der Waals surface area contributed by atoms with Gasteiger partial charge in [0.25, 0.3) is 0 Å². The third kappa shape index (κ3) is 3.14. The van der Waals surface area contributed by atoms with Gasteiger partial charge < -0.3 is 9.30 Å². The summed E-state index contributed by atoms with van der Waals surface area (Å²) in [7, 11) is 0. The van der Waals surface area contributed by atoms with E-state index >= 15 is 0 Å².